The van der Waals surface area contributed by atoms with Crippen LogP contribution in [0.1, 0.15) is 6.92 Å². The Hall–Kier alpha value is -1.47. The molecule has 0 aliphatic heterocycles. The topological polar surface area (TPSA) is 60.5 Å². The van der Waals surface area contributed by atoms with Crippen LogP contribution in [-0.4, -0.2) is 36.5 Å². The zero-order chi connectivity index (χ0) is 18.2. The molecule has 1 aromatic heterocycles. The highest BCUT2D eigenvalue weighted by molar-refractivity contribution is 8.00. The molecule has 0 aliphatic rings. The molecule has 2 aromatic rings. The van der Waals surface area contributed by atoms with Crippen molar-refractivity contribution < 1.29 is 14.3 Å². The number of carbonyl (C=O) groups is 1. The monoisotopic (exact) mass is 400 g/mol. The van der Waals surface area contributed by atoms with E-state index in [1.54, 1.807) is 50.6 Å². The van der Waals surface area contributed by atoms with Gasteiger partial charge in [-0.15, -0.1) is 11.8 Å². The number of ether oxygens (including phenoxy) is 2. The Bertz CT molecular complexity index is 731. The lowest BCUT2D eigenvalue weighted by molar-refractivity contribution is -0.115. The third kappa shape index (κ3) is 6.08. The molecule has 8 heteroatoms. The zero-order valence-electron chi connectivity index (χ0n) is 13.8. The van der Waals surface area contributed by atoms with Gasteiger partial charge in [-0.05, 0) is 37.3 Å². The Morgan fingerprint density at radius 3 is 2.88 bits per heavy atom. The number of anilines is 1. The second-order valence-electron chi connectivity index (χ2n) is 5.02. The first-order valence-electron chi connectivity index (χ1n) is 7.50. The highest BCUT2D eigenvalue weighted by atomic mass is 35.5. The van der Waals surface area contributed by atoms with E-state index in [2.05, 4.69) is 10.3 Å². The van der Waals surface area contributed by atoms with Crippen molar-refractivity contribution in [1.29, 1.82) is 0 Å². The first-order chi connectivity index (χ1) is 12.0. The number of methoxy groups -OCH3 is 1. The van der Waals surface area contributed by atoms with Gasteiger partial charge in [-0.2, -0.15) is 0 Å². The standard InChI is InChI=1S/C17H18Cl2N2O3S/c1-11(25-15-10-12(18)5-6-13(15)19)16(22)21-14-4-3-7-20-17(14)24-9-8-23-2/h3-7,10-11H,8-9H2,1-2H3,(H,21,22). The molecule has 2 rings (SSSR count). The van der Waals surface area contributed by atoms with E-state index in [1.807, 2.05) is 0 Å². The molecule has 1 unspecified atom stereocenters. The minimum absolute atomic E-state index is 0.189. The molecule has 0 aliphatic carbocycles. The molecule has 0 saturated carbocycles. The van der Waals surface area contributed by atoms with Gasteiger partial charge < -0.3 is 14.8 Å². The van der Waals surface area contributed by atoms with Crippen LogP contribution in [0.4, 0.5) is 5.69 Å². The normalized spacial score (nSPS) is 11.8. The predicted octanol–water partition coefficient (Wildman–Crippen LogP) is 4.53. The highest BCUT2D eigenvalue weighted by Crippen LogP contribution is 2.33. The third-order valence-electron chi connectivity index (χ3n) is 3.12. The van der Waals surface area contributed by atoms with Crippen molar-refractivity contribution in [3.8, 4) is 5.88 Å². The molecule has 1 amide bonds. The Morgan fingerprint density at radius 2 is 2.12 bits per heavy atom. The number of hydrogen-bond acceptors (Lipinski definition) is 5. The molecular formula is C17H18Cl2N2O3S. The van der Waals surface area contributed by atoms with E-state index >= 15 is 0 Å². The largest absolute Gasteiger partial charge is 0.474 e. The van der Waals surface area contributed by atoms with E-state index in [1.165, 1.54) is 11.8 Å². The van der Waals surface area contributed by atoms with Crippen LogP contribution in [0, 0.1) is 0 Å². The molecule has 1 atom stereocenters. The average Bonchev–Trinajstić information content (AvgIpc) is 2.59. The quantitative estimate of drug-likeness (QED) is 0.520. The van der Waals surface area contributed by atoms with Crippen molar-refractivity contribution in [2.45, 2.75) is 17.1 Å². The summed E-state index contributed by atoms with van der Waals surface area (Å²) in [7, 11) is 1.59. The number of nitrogens with one attached hydrogen (secondary N) is 1. The summed E-state index contributed by atoms with van der Waals surface area (Å²) in [6.07, 6.45) is 1.60. The maximum absolute atomic E-state index is 12.5. The van der Waals surface area contributed by atoms with E-state index in [4.69, 9.17) is 32.7 Å². The number of amides is 1. The maximum Gasteiger partial charge on any atom is 0.237 e. The van der Waals surface area contributed by atoms with E-state index in [-0.39, 0.29) is 11.2 Å². The van der Waals surface area contributed by atoms with E-state index in [0.29, 0.717) is 34.8 Å². The van der Waals surface area contributed by atoms with Crippen LogP contribution in [0.2, 0.25) is 10.0 Å². The van der Waals surface area contributed by atoms with Gasteiger partial charge in [0.05, 0.1) is 16.9 Å². The smallest absolute Gasteiger partial charge is 0.237 e. The summed E-state index contributed by atoms with van der Waals surface area (Å²) in [5.74, 6) is 0.163. The molecule has 1 heterocycles. The van der Waals surface area contributed by atoms with Crippen molar-refractivity contribution in [2.24, 2.45) is 0 Å². The molecule has 134 valence electrons. The molecular weight excluding hydrogens is 383 g/mol. The van der Waals surface area contributed by atoms with Gasteiger partial charge in [0.1, 0.15) is 12.3 Å². The summed E-state index contributed by atoms with van der Waals surface area (Å²) in [4.78, 5) is 17.4. The number of thioether (sulfide) groups is 1. The third-order valence-corrected chi connectivity index (χ3v) is 4.96. The predicted molar refractivity (Wildman–Crippen MR) is 102 cm³/mol. The first kappa shape index (κ1) is 19.8. The first-order valence-corrected chi connectivity index (χ1v) is 9.14. The number of halogens is 2. The van der Waals surface area contributed by atoms with Crippen molar-refractivity contribution >= 4 is 46.6 Å². The Labute approximate surface area is 161 Å². The van der Waals surface area contributed by atoms with Crippen LogP contribution >= 0.6 is 35.0 Å². The van der Waals surface area contributed by atoms with Gasteiger partial charge in [-0.3, -0.25) is 4.79 Å². The number of carbonyl (C=O) groups excluding carboxylic acids is 1. The number of aromatic nitrogens is 1. The number of rotatable bonds is 8. The molecule has 0 bridgehead atoms. The van der Waals surface area contributed by atoms with E-state index in [9.17, 15) is 4.79 Å². The number of nitrogens with zero attached hydrogens (tertiary/aromatic N) is 1. The Morgan fingerprint density at radius 1 is 1.32 bits per heavy atom. The fourth-order valence-corrected chi connectivity index (χ4v) is 3.28. The molecule has 5 nitrogen and oxygen atoms in total. The Balaban J connectivity index is 2.02. The second-order valence-corrected chi connectivity index (χ2v) is 7.25. The summed E-state index contributed by atoms with van der Waals surface area (Å²) in [5, 5.41) is 3.57. The molecule has 25 heavy (non-hydrogen) atoms. The number of pyridine rings is 1. The van der Waals surface area contributed by atoms with Gasteiger partial charge in [-0.1, -0.05) is 23.2 Å². The van der Waals surface area contributed by atoms with Crippen molar-refractivity contribution in [3.63, 3.8) is 0 Å². The molecule has 0 saturated heterocycles. The van der Waals surface area contributed by atoms with Crippen molar-refractivity contribution in [3.05, 3.63) is 46.6 Å². The van der Waals surface area contributed by atoms with Gasteiger partial charge in [0.25, 0.3) is 0 Å². The summed E-state index contributed by atoms with van der Waals surface area (Å²) in [6, 6.07) is 8.61. The molecule has 0 spiro atoms. The van der Waals surface area contributed by atoms with Gasteiger partial charge in [-0.25, -0.2) is 4.98 Å². The van der Waals surface area contributed by atoms with Gasteiger partial charge in [0, 0.05) is 23.2 Å². The molecule has 0 radical (unpaired) electrons. The maximum atomic E-state index is 12.5. The van der Waals surface area contributed by atoms with Crippen LogP contribution < -0.4 is 10.1 Å². The van der Waals surface area contributed by atoms with Crippen LogP contribution in [0.5, 0.6) is 5.88 Å². The van der Waals surface area contributed by atoms with Crippen LogP contribution in [0.15, 0.2) is 41.4 Å². The molecule has 1 N–H and O–H groups in total. The fourth-order valence-electron chi connectivity index (χ4n) is 1.87. The summed E-state index contributed by atoms with van der Waals surface area (Å²) < 4.78 is 10.5. The number of benzene rings is 1. The van der Waals surface area contributed by atoms with Gasteiger partial charge in [0.2, 0.25) is 11.8 Å². The lowest BCUT2D eigenvalue weighted by Crippen LogP contribution is -2.23. The van der Waals surface area contributed by atoms with Crippen LogP contribution in [0.25, 0.3) is 0 Å². The van der Waals surface area contributed by atoms with Crippen LogP contribution in [-0.2, 0) is 9.53 Å². The highest BCUT2D eigenvalue weighted by Gasteiger charge is 2.18. The number of hydrogen-bond donors (Lipinski definition) is 1. The molecule has 1 aromatic carbocycles. The minimum atomic E-state index is -0.386. The van der Waals surface area contributed by atoms with Crippen molar-refractivity contribution in [1.82, 2.24) is 4.98 Å². The summed E-state index contributed by atoms with van der Waals surface area (Å²) in [6.45, 7) is 2.57. The lowest BCUT2D eigenvalue weighted by Gasteiger charge is -2.15. The lowest BCUT2D eigenvalue weighted by atomic mass is 10.3. The molecule has 0 fully saturated rings. The Kier molecular flexibility index (Phi) is 7.84. The van der Waals surface area contributed by atoms with E-state index < -0.39 is 0 Å². The SMILES string of the molecule is COCCOc1ncccc1NC(=O)C(C)Sc1cc(Cl)ccc1Cl. The van der Waals surface area contributed by atoms with E-state index in [0.717, 1.165) is 4.90 Å². The average molecular weight is 401 g/mol. The zero-order valence-corrected chi connectivity index (χ0v) is 16.1. The van der Waals surface area contributed by atoms with Gasteiger partial charge in [0.15, 0.2) is 0 Å². The van der Waals surface area contributed by atoms with Gasteiger partial charge >= 0.3 is 0 Å². The van der Waals surface area contributed by atoms with Crippen molar-refractivity contribution in [2.75, 3.05) is 25.6 Å². The second kappa shape index (κ2) is 9.87. The minimum Gasteiger partial charge on any atom is -0.474 e. The van der Waals surface area contributed by atoms with Crippen LogP contribution in [0.3, 0.4) is 0 Å². The summed E-state index contributed by atoms with van der Waals surface area (Å²) >= 11 is 13.5. The fraction of sp³-hybridized carbons (Fsp3) is 0.294. The summed E-state index contributed by atoms with van der Waals surface area (Å²) in [5.41, 5.74) is 0.508.